The van der Waals surface area contributed by atoms with Crippen LogP contribution in [0.15, 0.2) is 30.3 Å². The Labute approximate surface area is 99.5 Å². The van der Waals surface area contributed by atoms with Gasteiger partial charge in [0.2, 0.25) is 0 Å². The number of carbonyl (C=O) groups is 1. The SMILES string of the molecule is CC=c1ccc2c(C(=O)O)c(=CC)ccc2c1. The first-order chi connectivity index (χ1) is 8.17. The fraction of sp³-hybridized carbons (Fsp3) is 0.133. The summed E-state index contributed by atoms with van der Waals surface area (Å²) < 4.78 is 0. The Kier molecular flexibility index (Phi) is 2.96. The van der Waals surface area contributed by atoms with Gasteiger partial charge in [0.05, 0.1) is 5.56 Å². The summed E-state index contributed by atoms with van der Waals surface area (Å²) in [7, 11) is 0. The fourth-order valence-corrected chi connectivity index (χ4v) is 2.02. The van der Waals surface area contributed by atoms with Crippen LogP contribution in [0.25, 0.3) is 22.9 Å². The second-order valence-corrected chi connectivity index (χ2v) is 3.89. The molecule has 0 spiro atoms. The summed E-state index contributed by atoms with van der Waals surface area (Å²) in [5, 5.41) is 12.9. The Balaban J connectivity index is 2.97. The molecule has 0 radical (unpaired) electrons. The number of carboxylic acids is 1. The highest BCUT2D eigenvalue weighted by Crippen LogP contribution is 2.13. The molecule has 17 heavy (non-hydrogen) atoms. The number of benzene rings is 2. The van der Waals surface area contributed by atoms with Crippen molar-refractivity contribution < 1.29 is 9.90 Å². The van der Waals surface area contributed by atoms with Gasteiger partial charge in [-0.1, -0.05) is 36.4 Å². The number of rotatable bonds is 1. The van der Waals surface area contributed by atoms with Crippen molar-refractivity contribution in [2.24, 2.45) is 0 Å². The third-order valence-corrected chi connectivity index (χ3v) is 2.93. The van der Waals surface area contributed by atoms with Crippen LogP contribution in [-0.4, -0.2) is 11.1 Å². The van der Waals surface area contributed by atoms with Gasteiger partial charge in [0.25, 0.3) is 0 Å². The monoisotopic (exact) mass is 226 g/mol. The minimum absolute atomic E-state index is 0.382. The summed E-state index contributed by atoms with van der Waals surface area (Å²) in [5.41, 5.74) is 0.382. The average Bonchev–Trinajstić information content (AvgIpc) is 2.36. The Morgan fingerprint density at radius 1 is 1.12 bits per heavy atom. The van der Waals surface area contributed by atoms with Crippen molar-refractivity contribution >= 4 is 28.9 Å². The van der Waals surface area contributed by atoms with E-state index in [0.717, 1.165) is 21.2 Å². The van der Waals surface area contributed by atoms with E-state index in [-0.39, 0.29) is 0 Å². The number of aromatic carboxylic acids is 1. The van der Waals surface area contributed by atoms with Crippen LogP contribution in [0.4, 0.5) is 0 Å². The topological polar surface area (TPSA) is 37.3 Å². The van der Waals surface area contributed by atoms with E-state index in [0.29, 0.717) is 5.56 Å². The predicted molar refractivity (Wildman–Crippen MR) is 70.4 cm³/mol. The van der Waals surface area contributed by atoms with E-state index in [1.165, 1.54) is 0 Å². The van der Waals surface area contributed by atoms with E-state index in [2.05, 4.69) is 0 Å². The molecule has 86 valence electrons. The van der Waals surface area contributed by atoms with Gasteiger partial charge in [-0.15, -0.1) is 0 Å². The number of carboxylic acid groups (broad SMARTS) is 1. The lowest BCUT2D eigenvalue weighted by molar-refractivity contribution is 0.0698. The molecule has 2 aromatic rings. The smallest absolute Gasteiger partial charge is 0.336 e. The van der Waals surface area contributed by atoms with Crippen molar-refractivity contribution in [3.05, 3.63) is 46.3 Å². The number of hydrogen-bond acceptors (Lipinski definition) is 1. The van der Waals surface area contributed by atoms with Crippen LogP contribution in [0, 0.1) is 0 Å². The third kappa shape index (κ3) is 1.94. The molecule has 2 rings (SSSR count). The maximum absolute atomic E-state index is 11.3. The van der Waals surface area contributed by atoms with Crippen LogP contribution in [0.1, 0.15) is 24.2 Å². The van der Waals surface area contributed by atoms with Crippen LogP contribution in [0.3, 0.4) is 0 Å². The van der Waals surface area contributed by atoms with Crippen LogP contribution < -0.4 is 10.4 Å². The van der Waals surface area contributed by atoms with Gasteiger partial charge in [-0.05, 0) is 41.1 Å². The zero-order chi connectivity index (χ0) is 12.4. The fourth-order valence-electron chi connectivity index (χ4n) is 2.02. The molecule has 2 heteroatoms. The maximum Gasteiger partial charge on any atom is 0.336 e. The van der Waals surface area contributed by atoms with Gasteiger partial charge in [0.15, 0.2) is 0 Å². The quantitative estimate of drug-likeness (QED) is 0.809. The molecular weight excluding hydrogens is 212 g/mol. The maximum atomic E-state index is 11.3. The van der Waals surface area contributed by atoms with Gasteiger partial charge in [0.1, 0.15) is 0 Å². The highest BCUT2D eigenvalue weighted by atomic mass is 16.4. The summed E-state index contributed by atoms with van der Waals surface area (Å²) in [6.45, 7) is 3.81. The highest BCUT2D eigenvalue weighted by Gasteiger charge is 2.09. The first-order valence-corrected chi connectivity index (χ1v) is 5.56. The van der Waals surface area contributed by atoms with Gasteiger partial charge >= 0.3 is 5.97 Å². The molecule has 0 amide bonds. The lowest BCUT2D eigenvalue weighted by atomic mass is 10.0. The van der Waals surface area contributed by atoms with Crippen LogP contribution in [0.2, 0.25) is 0 Å². The van der Waals surface area contributed by atoms with Crippen molar-refractivity contribution in [2.45, 2.75) is 13.8 Å². The first-order valence-electron chi connectivity index (χ1n) is 5.56. The Bertz CT molecular complexity index is 697. The van der Waals surface area contributed by atoms with Gasteiger partial charge in [-0.2, -0.15) is 0 Å². The van der Waals surface area contributed by atoms with E-state index in [4.69, 9.17) is 0 Å². The Morgan fingerprint density at radius 3 is 2.47 bits per heavy atom. The molecule has 0 bridgehead atoms. The van der Waals surface area contributed by atoms with Crippen LogP contribution in [0.5, 0.6) is 0 Å². The molecule has 0 atom stereocenters. The van der Waals surface area contributed by atoms with Crippen molar-refractivity contribution in [3.8, 4) is 0 Å². The number of hydrogen-bond donors (Lipinski definition) is 1. The second kappa shape index (κ2) is 4.42. The zero-order valence-electron chi connectivity index (χ0n) is 9.90. The minimum Gasteiger partial charge on any atom is -0.478 e. The summed E-state index contributed by atoms with van der Waals surface area (Å²) >= 11 is 0. The van der Waals surface area contributed by atoms with Crippen molar-refractivity contribution in [3.63, 3.8) is 0 Å². The van der Waals surface area contributed by atoms with Crippen LogP contribution >= 0.6 is 0 Å². The third-order valence-electron chi connectivity index (χ3n) is 2.93. The molecule has 1 N–H and O–H groups in total. The van der Waals surface area contributed by atoms with Gasteiger partial charge in [-0.3, -0.25) is 0 Å². The Hall–Kier alpha value is -2.09. The molecule has 0 saturated heterocycles. The predicted octanol–water partition coefficient (Wildman–Crippen LogP) is 2.14. The van der Waals surface area contributed by atoms with Crippen molar-refractivity contribution in [2.75, 3.05) is 0 Å². The lowest BCUT2D eigenvalue weighted by Crippen LogP contribution is -2.15. The number of fused-ring (bicyclic) bond motifs is 1. The van der Waals surface area contributed by atoms with Crippen molar-refractivity contribution in [1.29, 1.82) is 0 Å². The van der Waals surface area contributed by atoms with Gasteiger partial charge < -0.3 is 5.11 Å². The molecule has 0 aliphatic heterocycles. The van der Waals surface area contributed by atoms with Crippen LogP contribution in [-0.2, 0) is 0 Å². The molecule has 0 fully saturated rings. The minimum atomic E-state index is -0.878. The Morgan fingerprint density at radius 2 is 1.88 bits per heavy atom. The second-order valence-electron chi connectivity index (χ2n) is 3.89. The summed E-state index contributed by atoms with van der Waals surface area (Å²) in [6.07, 6.45) is 3.82. The molecule has 2 aromatic carbocycles. The highest BCUT2D eigenvalue weighted by molar-refractivity contribution is 6.03. The largest absolute Gasteiger partial charge is 0.478 e. The van der Waals surface area contributed by atoms with E-state index in [1.54, 1.807) is 0 Å². The van der Waals surface area contributed by atoms with E-state index in [9.17, 15) is 9.90 Å². The molecule has 0 aliphatic rings. The molecule has 0 saturated carbocycles. The molecule has 0 heterocycles. The standard InChI is InChI=1S/C15H14O2/c1-3-10-5-8-13-12(9-10)7-6-11(4-2)14(13)15(16)17/h3-9H,1-2H3,(H,16,17). The lowest BCUT2D eigenvalue weighted by Gasteiger charge is -2.03. The van der Waals surface area contributed by atoms with E-state index >= 15 is 0 Å². The summed E-state index contributed by atoms with van der Waals surface area (Å²) in [4.78, 5) is 11.3. The van der Waals surface area contributed by atoms with Gasteiger partial charge in [0, 0.05) is 0 Å². The van der Waals surface area contributed by atoms with E-state index < -0.39 is 5.97 Å². The average molecular weight is 226 g/mol. The normalized spacial score (nSPS) is 13.3. The molecular formula is C15H14O2. The summed E-state index contributed by atoms with van der Waals surface area (Å²) in [5.74, 6) is -0.878. The van der Waals surface area contributed by atoms with Gasteiger partial charge in [-0.25, -0.2) is 4.79 Å². The molecule has 2 nitrogen and oxygen atoms in total. The molecule has 0 aliphatic carbocycles. The first kappa shape index (κ1) is 11.4. The zero-order valence-corrected chi connectivity index (χ0v) is 9.90. The van der Waals surface area contributed by atoms with E-state index in [1.807, 2.05) is 56.3 Å². The summed E-state index contributed by atoms with van der Waals surface area (Å²) in [6, 6.07) is 9.63. The van der Waals surface area contributed by atoms with Crippen molar-refractivity contribution in [1.82, 2.24) is 0 Å². The molecule has 0 unspecified atom stereocenters. The molecule has 0 aromatic heterocycles.